The lowest BCUT2D eigenvalue weighted by atomic mass is 9.92. The topological polar surface area (TPSA) is 61.4 Å². The van der Waals surface area contributed by atoms with Crippen molar-refractivity contribution in [2.75, 3.05) is 16.8 Å². The monoisotopic (exact) mass is 419 g/mol. The maximum atomic E-state index is 12.1. The minimum Gasteiger partial charge on any atom is -0.340 e. The molecule has 1 amide bonds. The summed E-state index contributed by atoms with van der Waals surface area (Å²) in [6.07, 6.45) is 9.85. The summed E-state index contributed by atoms with van der Waals surface area (Å²) in [5.41, 5.74) is 0.965. The highest BCUT2D eigenvalue weighted by atomic mass is 16.2. The van der Waals surface area contributed by atoms with E-state index >= 15 is 0 Å². The van der Waals surface area contributed by atoms with Gasteiger partial charge < -0.3 is 15.1 Å². The summed E-state index contributed by atoms with van der Waals surface area (Å²) in [5, 5.41) is 3.40. The molecule has 1 fully saturated rings. The Morgan fingerprint density at radius 3 is 2.74 bits per heavy atom. The Bertz CT molecular complexity index is 911. The SMILES string of the molecule is C=CN(/C=C\CCC)c1cc(Nc2ccccc2)nc([C@@H]2CC[C@H](C)N(C(C)=O)C2)n1. The number of allylic oxidation sites excluding steroid dienone is 1. The second kappa shape index (κ2) is 10.8. The number of carbonyl (C=O) groups excluding carboxylic acids is 1. The number of rotatable bonds is 8. The standard InChI is InChI=1S/C25H33N5O/c1-5-7-11-16-29(6-2)24-17-23(26-22-12-9-8-10-13-22)27-25(28-24)21-15-14-19(3)30(18-21)20(4)31/h6,8-13,16-17,19,21H,2,5,7,14-15,18H2,1,3-4H3,(H,26,27,28)/b16-11-/t19-,21+/m0/s1. The molecule has 1 aromatic carbocycles. The number of para-hydroxylation sites is 1. The lowest BCUT2D eigenvalue weighted by Gasteiger charge is -2.37. The Kier molecular flexibility index (Phi) is 7.82. The van der Waals surface area contributed by atoms with E-state index in [2.05, 4.69) is 31.8 Å². The average Bonchev–Trinajstić information content (AvgIpc) is 2.77. The quantitative estimate of drug-likeness (QED) is 0.604. The van der Waals surface area contributed by atoms with Crippen LogP contribution in [0.1, 0.15) is 58.2 Å². The van der Waals surface area contributed by atoms with Gasteiger partial charge in [0.2, 0.25) is 5.91 Å². The molecule has 164 valence electrons. The fourth-order valence-corrected chi connectivity index (χ4v) is 3.84. The van der Waals surface area contributed by atoms with Crippen LogP contribution in [-0.2, 0) is 4.79 Å². The second-order valence-corrected chi connectivity index (χ2v) is 8.02. The molecule has 0 bridgehead atoms. The Labute approximate surface area is 185 Å². The third-order valence-electron chi connectivity index (χ3n) is 5.61. The lowest BCUT2D eigenvalue weighted by molar-refractivity contribution is -0.132. The number of nitrogens with one attached hydrogen (secondary N) is 1. The fraction of sp³-hybridized carbons (Fsp3) is 0.400. The highest BCUT2D eigenvalue weighted by Gasteiger charge is 2.30. The molecular formula is C25H33N5O. The summed E-state index contributed by atoms with van der Waals surface area (Å²) >= 11 is 0. The third-order valence-corrected chi connectivity index (χ3v) is 5.61. The van der Waals surface area contributed by atoms with E-state index in [4.69, 9.17) is 9.97 Å². The van der Waals surface area contributed by atoms with Crippen LogP contribution < -0.4 is 10.2 Å². The molecule has 0 unspecified atom stereocenters. The van der Waals surface area contributed by atoms with Crippen molar-refractivity contribution in [3.63, 3.8) is 0 Å². The van der Waals surface area contributed by atoms with E-state index in [9.17, 15) is 4.79 Å². The summed E-state index contributed by atoms with van der Waals surface area (Å²) in [7, 11) is 0. The van der Waals surface area contributed by atoms with Crippen LogP contribution in [0.3, 0.4) is 0 Å². The molecule has 0 saturated carbocycles. The number of anilines is 3. The van der Waals surface area contributed by atoms with Crippen molar-refractivity contribution in [2.45, 2.75) is 58.4 Å². The number of aromatic nitrogens is 2. The fourth-order valence-electron chi connectivity index (χ4n) is 3.84. The van der Waals surface area contributed by atoms with Crippen molar-refractivity contribution in [3.05, 3.63) is 67.3 Å². The maximum Gasteiger partial charge on any atom is 0.219 e. The van der Waals surface area contributed by atoms with E-state index in [0.717, 1.165) is 48.8 Å². The number of carbonyl (C=O) groups is 1. The van der Waals surface area contributed by atoms with Crippen molar-refractivity contribution in [1.29, 1.82) is 0 Å². The third kappa shape index (κ3) is 5.94. The molecule has 6 heteroatoms. The molecular weight excluding hydrogens is 386 g/mol. The average molecular weight is 420 g/mol. The molecule has 6 nitrogen and oxygen atoms in total. The van der Waals surface area contributed by atoms with Crippen LogP contribution >= 0.6 is 0 Å². The zero-order valence-electron chi connectivity index (χ0n) is 18.8. The normalized spacial score (nSPS) is 18.7. The number of benzene rings is 1. The smallest absolute Gasteiger partial charge is 0.219 e. The molecule has 2 atom stereocenters. The molecule has 1 aliphatic heterocycles. The van der Waals surface area contributed by atoms with Gasteiger partial charge in [-0.2, -0.15) is 0 Å². The van der Waals surface area contributed by atoms with Gasteiger partial charge in [0.15, 0.2) is 0 Å². The molecule has 31 heavy (non-hydrogen) atoms. The van der Waals surface area contributed by atoms with Gasteiger partial charge in [-0.05, 0) is 38.3 Å². The van der Waals surface area contributed by atoms with Crippen molar-refractivity contribution in [1.82, 2.24) is 14.9 Å². The highest BCUT2D eigenvalue weighted by molar-refractivity contribution is 5.73. The Morgan fingerprint density at radius 1 is 1.29 bits per heavy atom. The lowest BCUT2D eigenvalue weighted by Crippen LogP contribution is -2.44. The summed E-state index contributed by atoms with van der Waals surface area (Å²) in [4.78, 5) is 25.7. The van der Waals surface area contributed by atoms with Crippen molar-refractivity contribution in [2.24, 2.45) is 0 Å². The molecule has 1 aliphatic rings. The minimum absolute atomic E-state index is 0.0997. The maximum absolute atomic E-state index is 12.1. The summed E-state index contributed by atoms with van der Waals surface area (Å²) in [6.45, 7) is 10.5. The number of nitrogens with zero attached hydrogens (tertiary/aromatic N) is 4. The summed E-state index contributed by atoms with van der Waals surface area (Å²) in [5.74, 6) is 2.45. The number of piperidine rings is 1. The first-order chi connectivity index (χ1) is 15.0. The zero-order valence-corrected chi connectivity index (χ0v) is 18.8. The number of likely N-dealkylation sites (tertiary alicyclic amines) is 1. The van der Waals surface area contributed by atoms with E-state index in [1.165, 1.54) is 0 Å². The van der Waals surface area contributed by atoms with Crippen LogP contribution in [0, 0.1) is 0 Å². The molecule has 2 heterocycles. The molecule has 0 spiro atoms. The first-order valence-corrected chi connectivity index (χ1v) is 11.1. The highest BCUT2D eigenvalue weighted by Crippen LogP contribution is 2.31. The van der Waals surface area contributed by atoms with E-state index in [1.54, 1.807) is 13.1 Å². The largest absolute Gasteiger partial charge is 0.340 e. The molecule has 1 aromatic heterocycles. The number of amides is 1. The van der Waals surface area contributed by atoms with Crippen molar-refractivity contribution in [3.8, 4) is 0 Å². The van der Waals surface area contributed by atoms with Crippen LogP contribution in [0.25, 0.3) is 0 Å². The van der Waals surface area contributed by atoms with Crippen LogP contribution in [0.2, 0.25) is 0 Å². The van der Waals surface area contributed by atoms with Crippen molar-refractivity contribution >= 4 is 23.2 Å². The summed E-state index contributed by atoms with van der Waals surface area (Å²) < 4.78 is 0. The minimum atomic E-state index is 0.0997. The van der Waals surface area contributed by atoms with Crippen LogP contribution in [0.5, 0.6) is 0 Å². The molecule has 2 aromatic rings. The van der Waals surface area contributed by atoms with Gasteiger partial charge in [-0.15, -0.1) is 0 Å². The van der Waals surface area contributed by atoms with Crippen LogP contribution in [0.15, 0.2) is 61.5 Å². The molecule has 0 aliphatic carbocycles. The Balaban J connectivity index is 1.96. The molecule has 1 N–H and O–H groups in total. The van der Waals surface area contributed by atoms with Gasteiger partial charge in [0.1, 0.15) is 17.5 Å². The van der Waals surface area contributed by atoms with Crippen LogP contribution in [0.4, 0.5) is 17.3 Å². The van der Waals surface area contributed by atoms with Gasteiger partial charge >= 0.3 is 0 Å². The van der Waals surface area contributed by atoms with Gasteiger partial charge in [-0.1, -0.05) is 44.2 Å². The van der Waals surface area contributed by atoms with E-state index < -0.39 is 0 Å². The number of hydrogen-bond acceptors (Lipinski definition) is 5. The van der Waals surface area contributed by atoms with E-state index in [0.29, 0.717) is 6.54 Å². The van der Waals surface area contributed by atoms with Gasteiger partial charge in [0, 0.05) is 49.6 Å². The van der Waals surface area contributed by atoms with E-state index in [-0.39, 0.29) is 17.9 Å². The second-order valence-electron chi connectivity index (χ2n) is 8.02. The number of hydrogen-bond donors (Lipinski definition) is 1. The van der Waals surface area contributed by atoms with Gasteiger partial charge in [0.05, 0.1) is 0 Å². The Morgan fingerprint density at radius 2 is 2.06 bits per heavy atom. The zero-order chi connectivity index (χ0) is 22.2. The molecule has 3 rings (SSSR count). The predicted octanol–water partition coefficient (Wildman–Crippen LogP) is 5.60. The molecule has 1 saturated heterocycles. The number of unbranched alkanes of at least 4 members (excludes halogenated alkanes) is 1. The first-order valence-electron chi connectivity index (χ1n) is 11.1. The molecule has 0 radical (unpaired) electrons. The Hall–Kier alpha value is -3.15. The van der Waals surface area contributed by atoms with Crippen molar-refractivity contribution < 1.29 is 4.79 Å². The van der Waals surface area contributed by atoms with E-state index in [1.807, 2.05) is 52.4 Å². The predicted molar refractivity (Wildman–Crippen MR) is 127 cm³/mol. The van der Waals surface area contributed by atoms with Gasteiger partial charge in [0.25, 0.3) is 0 Å². The van der Waals surface area contributed by atoms with Gasteiger partial charge in [-0.25, -0.2) is 9.97 Å². The van der Waals surface area contributed by atoms with Gasteiger partial charge in [-0.3, -0.25) is 4.79 Å². The first kappa shape index (κ1) is 22.5. The van der Waals surface area contributed by atoms with Crippen LogP contribution in [-0.4, -0.2) is 33.4 Å². The summed E-state index contributed by atoms with van der Waals surface area (Å²) in [6, 6.07) is 12.2.